The third kappa shape index (κ3) is 9.02. The third-order valence-electron chi connectivity index (χ3n) is 9.25. The maximum atomic E-state index is 13.4. The summed E-state index contributed by atoms with van der Waals surface area (Å²) in [5.41, 5.74) is 4.35. The van der Waals surface area contributed by atoms with Crippen LogP contribution in [-0.4, -0.2) is 0 Å². The molecule has 40 heavy (non-hydrogen) atoms. The van der Waals surface area contributed by atoms with E-state index >= 15 is 0 Å². The number of fused-ring (bicyclic) bond motifs is 2. The summed E-state index contributed by atoms with van der Waals surface area (Å²) in [7, 11) is 0. The predicted octanol–water partition coefficient (Wildman–Crippen LogP) is 11.1. The lowest BCUT2D eigenvalue weighted by atomic mass is 9.91. The molecule has 0 saturated heterocycles. The minimum atomic E-state index is 0.189. The molecule has 0 radical (unpaired) electrons. The monoisotopic (exact) mass is 546 g/mol. The first-order chi connectivity index (χ1) is 19.5. The summed E-state index contributed by atoms with van der Waals surface area (Å²) in [6.07, 6.45) is 27.9. The number of rotatable bonds is 22. The normalized spacial score (nSPS) is 11.9. The molecule has 0 unspecified atom stereocenters. The summed E-state index contributed by atoms with van der Waals surface area (Å²) >= 11 is 0. The largest absolute Gasteiger partial charge is 0.289 e. The Morgan fingerprint density at radius 2 is 0.700 bits per heavy atom. The molecule has 222 valence electrons. The third-order valence-corrected chi connectivity index (χ3v) is 9.25. The smallest absolute Gasteiger partial charge is 0.189 e. The molecule has 2 nitrogen and oxygen atoms in total. The van der Waals surface area contributed by atoms with Crippen molar-refractivity contribution in [1.29, 1.82) is 0 Å². The van der Waals surface area contributed by atoms with Gasteiger partial charge in [0.25, 0.3) is 0 Å². The molecule has 0 N–H and O–H groups in total. The lowest BCUT2D eigenvalue weighted by Gasteiger charge is -2.12. The molecule has 2 heteroatoms. The second-order valence-corrected chi connectivity index (χ2v) is 12.7. The lowest BCUT2D eigenvalue weighted by molar-refractivity contribution is 0.556. The van der Waals surface area contributed by atoms with Gasteiger partial charge in [-0.25, -0.2) is 0 Å². The molecule has 0 bridgehead atoms. The molecular weight excluding hydrogens is 488 g/mol. The van der Waals surface area contributed by atoms with E-state index in [0.717, 1.165) is 69.5 Å². The van der Waals surface area contributed by atoms with Crippen LogP contribution in [0, 0.1) is 13.8 Å². The van der Waals surface area contributed by atoms with Gasteiger partial charge in [-0.2, -0.15) is 0 Å². The van der Waals surface area contributed by atoms with Crippen molar-refractivity contribution in [3.63, 3.8) is 0 Å². The highest BCUT2D eigenvalue weighted by atomic mass is 16.1. The maximum absolute atomic E-state index is 13.4. The summed E-state index contributed by atoms with van der Waals surface area (Å²) in [6.45, 7) is 8.44. The molecule has 0 aliphatic carbocycles. The Bertz CT molecular complexity index is 1140. The second-order valence-electron chi connectivity index (χ2n) is 12.7. The zero-order chi connectivity index (χ0) is 28.7. The molecule has 0 aliphatic heterocycles. The van der Waals surface area contributed by atoms with E-state index in [1.165, 1.54) is 116 Å². The van der Waals surface area contributed by atoms with Gasteiger partial charge in [-0.3, -0.25) is 9.59 Å². The molecular formula is C38H58O2. The average Bonchev–Trinajstić information content (AvgIpc) is 3.41. The van der Waals surface area contributed by atoms with Gasteiger partial charge in [-0.15, -0.1) is 0 Å². The van der Waals surface area contributed by atoms with Crippen LogP contribution in [0.3, 0.4) is 0 Å². The van der Waals surface area contributed by atoms with E-state index in [-0.39, 0.29) is 10.9 Å². The fourth-order valence-corrected chi connectivity index (χ4v) is 6.79. The topological polar surface area (TPSA) is 34.1 Å². The van der Waals surface area contributed by atoms with Gasteiger partial charge in [0, 0.05) is 10.8 Å². The van der Waals surface area contributed by atoms with E-state index in [1.807, 2.05) is 13.8 Å². The second kappa shape index (κ2) is 17.8. The number of hydrogen-bond acceptors (Lipinski definition) is 2. The minimum Gasteiger partial charge on any atom is -0.289 e. The minimum absolute atomic E-state index is 0.189. The van der Waals surface area contributed by atoms with Crippen LogP contribution in [0.4, 0.5) is 0 Å². The standard InChI is InChI=1S/C38H58O2/c1-5-7-9-11-13-15-17-19-21-23-25-31-33-27-29(3)38(40)36(33)32(34-28-30(4)37(39)35(31)34)26-24-22-20-18-16-14-12-10-8-6-2/h27-28H,5-26H2,1-4H3. The van der Waals surface area contributed by atoms with Crippen molar-refractivity contribution in [2.75, 3.05) is 0 Å². The van der Waals surface area contributed by atoms with Gasteiger partial charge in [0.05, 0.1) is 0 Å². The summed E-state index contributed by atoms with van der Waals surface area (Å²) in [6, 6.07) is 4.18. The fourth-order valence-electron chi connectivity index (χ4n) is 6.79. The molecule has 0 aliphatic rings. The quantitative estimate of drug-likeness (QED) is 0.117. The number of benzene rings is 1. The fraction of sp³-hybridized carbons (Fsp3) is 0.684. The van der Waals surface area contributed by atoms with Crippen molar-refractivity contribution in [3.05, 3.63) is 54.8 Å². The van der Waals surface area contributed by atoms with Crippen LogP contribution in [0.15, 0.2) is 21.7 Å². The van der Waals surface area contributed by atoms with Crippen LogP contribution in [0.25, 0.3) is 21.5 Å². The molecule has 0 spiro atoms. The van der Waals surface area contributed by atoms with Gasteiger partial charge >= 0.3 is 0 Å². The Kier molecular flexibility index (Phi) is 14.5. The van der Waals surface area contributed by atoms with Gasteiger partial charge in [-0.1, -0.05) is 129 Å². The Balaban J connectivity index is 1.64. The molecule has 0 fully saturated rings. The zero-order valence-corrected chi connectivity index (χ0v) is 26.5. The van der Waals surface area contributed by atoms with Crippen LogP contribution in [0.1, 0.15) is 165 Å². The average molecular weight is 547 g/mol. The molecule has 0 saturated carbocycles. The van der Waals surface area contributed by atoms with E-state index in [4.69, 9.17) is 0 Å². The maximum Gasteiger partial charge on any atom is 0.189 e. The Hall–Kier alpha value is -1.96. The highest BCUT2D eigenvalue weighted by molar-refractivity contribution is 6.07. The SMILES string of the molecule is CCCCCCCCCCCCc1c2cc(C)c(=O)c2c(CCCCCCCCCCCC)c2cc(C)c(=O)c12. The van der Waals surface area contributed by atoms with Gasteiger partial charge < -0.3 is 0 Å². The molecule has 0 amide bonds. The summed E-state index contributed by atoms with van der Waals surface area (Å²) in [5.74, 6) is 0. The van der Waals surface area contributed by atoms with Crippen LogP contribution >= 0.6 is 0 Å². The van der Waals surface area contributed by atoms with Crippen LogP contribution in [0.5, 0.6) is 0 Å². The number of unbranched alkanes of at least 4 members (excludes halogenated alkanes) is 18. The first-order valence-electron chi connectivity index (χ1n) is 17.2. The van der Waals surface area contributed by atoms with Crippen LogP contribution < -0.4 is 10.9 Å². The summed E-state index contributed by atoms with van der Waals surface area (Å²) in [5, 5.41) is 4.01. The van der Waals surface area contributed by atoms with E-state index in [2.05, 4.69) is 26.0 Å². The molecule has 0 aromatic heterocycles. The summed E-state index contributed by atoms with van der Waals surface area (Å²) < 4.78 is 0. The van der Waals surface area contributed by atoms with Gasteiger partial charge in [0.1, 0.15) is 0 Å². The first-order valence-corrected chi connectivity index (χ1v) is 17.2. The van der Waals surface area contributed by atoms with E-state index in [9.17, 15) is 9.59 Å². The highest BCUT2D eigenvalue weighted by Crippen LogP contribution is 2.34. The number of aryl methyl sites for hydroxylation is 4. The van der Waals surface area contributed by atoms with Crippen molar-refractivity contribution >= 4 is 21.5 Å². The molecule has 3 aromatic carbocycles. The van der Waals surface area contributed by atoms with E-state index in [0.29, 0.717) is 0 Å². The Labute approximate surface area is 245 Å². The van der Waals surface area contributed by atoms with Crippen molar-refractivity contribution in [2.24, 2.45) is 0 Å². The predicted molar refractivity (Wildman–Crippen MR) is 177 cm³/mol. The van der Waals surface area contributed by atoms with Crippen molar-refractivity contribution in [1.82, 2.24) is 0 Å². The van der Waals surface area contributed by atoms with Crippen LogP contribution in [-0.2, 0) is 12.8 Å². The van der Waals surface area contributed by atoms with Crippen molar-refractivity contribution in [2.45, 2.75) is 169 Å². The zero-order valence-electron chi connectivity index (χ0n) is 26.5. The van der Waals surface area contributed by atoms with E-state index < -0.39 is 0 Å². The van der Waals surface area contributed by atoms with Gasteiger partial charge in [0.15, 0.2) is 10.9 Å². The Morgan fingerprint density at radius 1 is 0.425 bits per heavy atom. The lowest BCUT2D eigenvalue weighted by Crippen LogP contribution is -2.06. The molecule has 3 rings (SSSR count). The molecule has 3 aromatic rings. The molecule has 0 heterocycles. The van der Waals surface area contributed by atoms with Gasteiger partial charge in [-0.05, 0) is 84.7 Å². The van der Waals surface area contributed by atoms with Gasteiger partial charge in [0.2, 0.25) is 0 Å². The first kappa shape index (κ1) is 32.6. The van der Waals surface area contributed by atoms with Crippen LogP contribution in [0.2, 0.25) is 0 Å². The van der Waals surface area contributed by atoms with E-state index in [1.54, 1.807) is 0 Å². The van der Waals surface area contributed by atoms with Crippen molar-refractivity contribution < 1.29 is 0 Å². The summed E-state index contributed by atoms with van der Waals surface area (Å²) in [4.78, 5) is 26.8. The van der Waals surface area contributed by atoms with Crippen molar-refractivity contribution in [3.8, 4) is 0 Å². The molecule has 0 atom stereocenters. The highest BCUT2D eigenvalue weighted by Gasteiger charge is 2.21. The number of hydrogen-bond donors (Lipinski definition) is 0. The Morgan fingerprint density at radius 3 is 1.00 bits per heavy atom.